The lowest BCUT2D eigenvalue weighted by Gasteiger charge is -2.08. The summed E-state index contributed by atoms with van der Waals surface area (Å²) in [6.45, 7) is 3.25. The molecule has 18 heavy (non-hydrogen) atoms. The van der Waals surface area contributed by atoms with Crippen LogP contribution >= 0.6 is 11.6 Å². The van der Waals surface area contributed by atoms with Gasteiger partial charge >= 0.3 is 0 Å². The van der Waals surface area contributed by atoms with Gasteiger partial charge in [0, 0.05) is 13.2 Å². The van der Waals surface area contributed by atoms with E-state index in [1.807, 2.05) is 13.0 Å². The van der Waals surface area contributed by atoms with Crippen LogP contribution in [0.5, 0.6) is 0 Å². The van der Waals surface area contributed by atoms with Crippen LogP contribution in [0.1, 0.15) is 22.3 Å². The molecule has 0 aliphatic rings. The van der Waals surface area contributed by atoms with Crippen molar-refractivity contribution in [3.8, 4) is 0 Å². The van der Waals surface area contributed by atoms with E-state index in [9.17, 15) is 4.79 Å². The topological polar surface area (TPSA) is 58.6 Å². The summed E-state index contributed by atoms with van der Waals surface area (Å²) in [7, 11) is 0. The van der Waals surface area contributed by atoms with Crippen molar-refractivity contribution in [2.45, 2.75) is 13.3 Å². The number of carbonyl (C=O) groups is 1. The molecule has 100 valence electrons. The Bertz CT molecular complexity index is 396. The quantitative estimate of drug-likeness (QED) is 0.743. The van der Waals surface area contributed by atoms with Gasteiger partial charge in [0.2, 0.25) is 0 Å². The summed E-state index contributed by atoms with van der Waals surface area (Å²) < 4.78 is 5.09. The first-order chi connectivity index (χ1) is 8.66. The van der Waals surface area contributed by atoms with Gasteiger partial charge in [0.05, 0.1) is 23.8 Å². The maximum Gasteiger partial charge on any atom is 0.252 e. The third kappa shape index (κ3) is 4.64. The molecule has 1 aromatic carbocycles. The van der Waals surface area contributed by atoms with Gasteiger partial charge in [-0.3, -0.25) is 4.79 Å². The van der Waals surface area contributed by atoms with Crippen LogP contribution in [0.15, 0.2) is 18.2 Å². The van der Waals surface area contributed by atoms with Crippen molar-refractivity contribution >= 4 is 17.5 Å². The highest BCUT2D eigenvalue weighted by molar-refractivity contribution is 6.34. The van der Waals surface area contributed by atoms with Gasteiger partial charge in [0.1, 0.15) is 0 Å². The summed E-state index contributed by atoms with van der Waals surface area (Å²) in [5.41, 5.74) is 1.38. The fourth-order valence-corrected chi connectivity index (χ4v) is 1.67. The van der Waals surface area contributed by atoms with E-state index in [1.54, 1.807) is 12.1 Å². The second kappa shape index (κ2) is 8.08. The lowest BCUT2D eigenvalue weighted by Crippen LogP contribution is -2.25. The summed E-state index contributed by atoms with van der Waals surface area (Å²) in [6.07, 6.45) is 0.704. The molecule has 0 bridgehead atoms. The van der Waals surface area contributed by atoms with Crippen LogP contribution in [0, 0.1) is 6.92 Å². The smallest absolute Gasteiger partial charge is 0.252 e. The molecule has 5 heteroatoms. The highest BCUT2D eigenvalue weighted by atomic mass is 35.5. The zero-order valence-electron chi connectivity index (χ0n) is 10.4. The number of hydrogen-bond donors (Lipinski definition) is 2. The van der Waals surface area contributed by atoms with Crippen LogP contribution in [0.2, 0.25) is 5.02 Å². The van der Waals surface area contributed by atoms with E-state index in [2.05, 4.69) is 5.32 Å². The highest BCUT2D eigenvalue weighted by Gasteiger charge is 2.10. The lowest BCUT2D eigenvalue weighted by atomic mass is 10.1. The number of aryl methyl sites for hydroxylation is 1. The lowest BCUT2D eigenvalue weighted by molar-refractivity contribution is 0.0867. The van der Waals surface area contributed by atoms with Gasteiger partial charge in [-0.1, -0.05) is 23.7 Å². The van der Waals surface area contributed by atoms with E-state index in [0.717, 1.165) is 5.56 Å². The number of benzene rings is 1. The Labute approximate surface area is 112 Å². The predicted molar refractivity (Wildman–Crippen MR) is 71.0 cm³/mol. The molecule has 0 aromatic heterocycles. The van der Waals surface area contributed by atoms with Crippen LogP contribution in [0.3, 0.4) is 0 Å². The minimum atomic E-state index is -0.175. The molecule has 1 rings (SSSR count). The molecule has 0 spiro atoms. The minimum Gasteiger partial charge on any atom is -0.394 e. The Morgan fingerprint density at radius 1 is 1.44 bits per heavy atom. The van der Waals surface area contributed by atoms with Crippen LogP contribution in [0.4, 0.5) is 0 Å². The number of amides is 1. The predicted octanol–water partition coefficient (Wildman–Crippen LogP) is 1.78. The standard InChI is InChI=1S/C13H18ClNO3/c1-10-4-2-5-11(12(10)14)13(17)15-6-3-8-18-9-7-16/h2,4-5,16H,3,6-9H2,1H3,(H,15,17). The van der Waals surface area contributed by atoms with E-state index in [0.29, 0.717) is 36.8 Å². The average molecular weight is 272 g/mol. The molecule has 0 saturated carbocycles. The van der Waals surface area contributed by atoms with Crippen LogP contribution in [-0.4, -0.2) is 37.4 Å². The fourth-order valence-electron chi connectivity index (χ4n) is 1.46. The largest absolute Gasteiger partial charge is 0.394 e. The third-order valence-corrected chi connectivity index (χ3v) is 2.92. The maximum absolute atomic E-state index is 11.8. The van der Waals surface area contributed by atoms with Gasteiger partial charge in [-0.25, -0.2) is 0 Å². The fraction of sp³-hybridized carbons (Fsp3) is 0.462. The number of ether oxygens (including phenoxy) is 1. The van der Waals surface area contributed by atoms with Crippen molar-refractivity contribution in [1.29, 1.82) is 0 Å². The van der Waals surface area contributed by atoms with E-state index < -0.39 is 0 Å². The average Bonchev–Trinajstić information content (AvgIpc) is 2.36. The van der Waals surface area contributed by atoms with Gasteiger partial charge in [0.15, 0.2) is 0 Å². The molecular formula is C13H18ClNO3. The number of carbonyl (C=O) groups excluding carboxylic acids is 1. The molecule has 0 atom stereocenters. The number of rotatable bonds is 7. The first-order valence-electron chi connectivity index (χ1n) is 5.88. The molecule has 0 saturated heterocycles. The van der Waals surface area contributed by atoms with Gasteiger partial charge in [0.25, 0.3) is 5.91 Å². The number of hydrogen-bond acceptors (Lipinski definition) is 3. The normalized spacial score (nSPS) is 10.4. The zero-order chi connectivity index (χ0) is 13.4. The molecule has 2 N–H and O–H groups in total. The molecule has 1 aromatic rings. The van der Waals surface area contributed by atoms with Crippen molar-refractivity contribution in [3.63, 3.8) is 0 Å². The van der Waals surface area contributed by atoms with Crippen molar-refractivity contribution < 1.29 is 14.6 Å². The maximum atomic E-state index is 11.8. The van der Waals surface area contributed by atoms with Gasteiger partial charge in [-0.05, 0) is 25.0 Å². The van der Waals surface area contributed by atoms with Gasteiger partial charge in [-0.15, -0.1) is 0 Å². The Balaban J connectivity index is 2.35. The molecule has 4 nitrogen and oxygen atoms in total. The SMILES string of the molecule is Cc1cccc(C(=O)NCCCOCCO)c1Cl. The van der Waals surface area contributed by atoms with E-state index >= 15 is 0 Å². The first-order valence-corrected chi connectivity index (χ1v) is 6.26. The number of nitrogens with one attached hydrogen (secondary N) is 1. The van der Waals surface area contributed by atoms with Crippen LogP contribution in [-0.2, 0) is 4.74 Å². The number of aliphatic hydroxyl groups excluding tert-OH is 1. The summed E-state index contributed by atoms with van der Waals surface area (Å²) in [4.78, 5) is 11.8. The Morgan fingerprint density at radius 2 is 2.22 bits per heavy atom. The third-order valence-electron chi connectivity index (χ3n) is 2.42. The van der Waals surface area contributed by atoms with Crippen molar-refractivity contribution in [3.05, 3.63) is 34.3 Å². The van der Waals surface area contributed by atoms with Crippen molar-refractivity contribution in [2.24, 2.45) is 0 Å². The number of halogens is 1. The van der Waals surface area contributed by atoms with Gasteiger partial charge < -0.3 is 15.2 Å². The molecule has 0 radical (unpaired) electrons. The highest BCUT2D eigenvalue weighted by Crippen LogP contribution is 2.19. The second-order valence-electron chi connectivity index (χ2n) is 3.88. The molecule has 0 aliphatic carbocycles. The van der Waals surface area contributed by atoms with Crippen LogP contribution < -0.4 is 5.32 Å². The Morgan fingerprint density at radius 3 is 2.94 bits per heavy atom. The molecule has 0 aliphatic heterocycles. The summed E-state index contributed by atoms with van der Waals surface area (Å²) >= 11 is 6.06. The number of aliphatic hydroxyl groups is 1. The van der Waals surface area contributed by atoms with E-state index in [1.165, 1.54) is 0 Å². The summed E-state index contributed by atoms with van der Waals surface area (Å²) in [5.74, 6) is -0.175. The Hall–Kier alpha value is -1.10. The monoisotopic (exact) mass is 271 g/mol. The van der Waals surface area contributed by atoms with Gasteiger partial charge in [-0.2, -0.15) is 0 Å². The molecule has 0 unspecified atom stereocenters. The minimum absolute atomic E-state index is 0.0191. The molecule has 1 amide bonds. The summed E-state index contributed by atoms with van der Waals surface area (Å²) in [6, 6.07) is 5.37. The van der Waals surface area contributed by atoms with E-state index in [4.69, 9.17) is 21.4 Å². The molecule has 0 fully saturated rings. The van der Waals surface area contributed by atoms with Crippen LogP contribution in [0.25, 0.3) is 0 Å². The molecular weight excluding hydrogens is 254 g/mol. The molecule has 0 heterocycles. The first kappa shape index (κ1) is 15.0. The zero-order valence-corrected chi connectivity index (χ0v) is 11.2. The Kier molecular flexibility index (Phi) is 6.72. The summed E-state index contributed by atoms with van der Waals surface area (Å²) in [5, 5.41) is 11.8. The van der Waals surface area contributed by atoms with E-state index in [-0.39, 0.29) is 12.5 Å². The van der Waals surface area contributed by atoms with Crippen molar-refractivity contribution in [2.75, 3.05) is 26.4 Å². The van der Waals surface area contributed by atoms with Crippen molar-refractivity contribution in [1.82, 2.24) is 5.32 Å². The second-order valence-corrected chi connectivity index (χ2v) is 4.26.